The van der Waals surface area contributed by atoms with Gasteiger partial charge in [0.1, 0.15) is 10.8 Å². The number of hydrogen-bond acceptors (Lipinski definition) is 5. The van der Waals surface area contributed by atoms with Crippen LogP contribution in [0.1, 0.15) is 5.01 Å². The van der Waals surface area contributed by atoms with E-state index in [0.717, 1.165) is 15.2 Å². The molecular formula is C18H16ClF2N3O2S. The van der Waals surface area contributed by atoms with Crippen LogP contribution < -0.4 is 10.1 Å². The van der Waals surface area contributed by atoms with Crippen LogP contribution in [0.3, 0.4) is 0 Å². The number of nitrogens with zero attached hydrogens (tertiary/aromatic N) is 2. The zero-order valence-corrected chi connectivity index (χ0v) is 15.9. The Morgan fingerprint density at radius 1 is 1.33 bits per heavy atom. The van der Waals surface area contributed by atoms with E-state index in [9.17, 15) is 13.6 Å². The molecule has 1 heterocycles. The quantitative estimate of drug-likeness (QED) is 0.616. The average Bonchev–Trinajstić information content (AvgIpc) is 2.98. The number of anilines is 1. The second-order valence-corrected chi connectivity index (χ2v) is 7.34. The predicted octanol–water partition coefficient (Wildman–Crippen LogP) is 4.62. The molecule has 1 N–H and O–H groups in total. The number of carbonyl (C=O) groups is 1. The van der Waals surface area contributed by atoms with Crippen LogP contribution in [-0.2, 0) is 11.3 Å². The summed E-state index contributed by atoms with van der Waals surface area (Å²) in [5.74, 6) is -0.394. The molecule has 3 aromatic rings. The van der Waals surface area contributed by atoms with Crippen LogP contribution in [0.25, 0.3) is 10.2 Å². The van der Waals surface area contributed by atoms with Crippen LogP contribution in [0.2, 0.25) is 5.02 Å². The van der Waals surface area contributed by atoms with Gasteiger partial charge in [0, 0.05) is 5.69 Å². The SMILES string of the molecule is CN(CC(=O)Nc1ccc(OC(F)F)c(Cl)c1)Cc1nc2ccccc2s1. The Morgan fingerprint density at radius 2 is 2.11 bits per heavy atom. The van der Waals surface area contributed by atoms with Gasteiger partial charge in [-0.25, -0.2) is 4.98 Å². The first-order valence-corrected chi connectivity index (χ1v) is 9.17. The molecule has 2 aromatic carbocycles. The van der Waals surface area contributed by atoms with Gasteiger partial charge >= 0.3 is 6.61 Å². The van der Waals surface area contributed by atoms with Gasteiger partial charge in [-0.2, -0.15) is 8.78 Å². The molecule has 3 rings (SSSR count). The molecule has 0 spiro atoms. The molecule has 0 aliphatic carbocycles. The summed E-state index contributed by atoms with van der Waals surface area (Å²) in [4.78, 5) is 18.6. The van der Waals surface area contributed by atoms with Gasteiger partial charge in [-0.15, -0.1) is 11.3 Å². The highest BCUT2D eigenvalue weighted by atomic mass is 35.5. The van der Waals surface area contributed by atoms with Gasteiger partial charge < -0.3 is 10.1 Å². The Bertz CT molecular complexity index is 918. The third-order valence-corrected chi connectivity index (χ3v) is 4.91. The summed E-state index contributed by atoms with van der Waals surface area (Å²) in [6, 6.07) is 12.0. The van der Waals surface area contributed by atoms with Crippen molar-refractivity contribution >= 4 is 44.7 Å². The molecule has 0 aliphatic heterocycles. The number of para-hydroxylation sites is 1. The van der Waals surface area contributed by atoms with Gasteiger partial charge in [-0.3, -0.25) is 9.69 Å². The number of hydrogen-bond donors (Lipinski definition) is 1. The van der Waals surface area contributed by atoms with Crippen molar-refractivity contribution in [2.45, 2.75) is 13.2 Å². The molecule has 0 radical (unpaired) electrons. The van der Waals surface area contributed by atoms with Gasteiger partial charge in [0.2, 0.25) is 5.91 Å². The number of nitrogens with one attached hydrogen (secondary N) is 1. The number of likely N-dealkylation sites (N-methyl/N-ethyl adjacent to an activating group) is 1. The number of amides is 1. The first-order valence-electron chi connectivity index (χ1n) is 7.98. The Labute approximate surface area is 163 Å². The fourth-order valence-electron chi connectivity index (χ4n) is 2.49. The smallest absolute Gasteiger partial charge is 0.387 e. The molecule has 0 saturated heterocycles. The van der Waals surface area contributed by atoms with Crippen LogP contribution >= 0.6 is 22.9 Å². The summed E-state index contributed by atoms with van der Waals surface area (Å²) >= 11 is 7.47. The molecule has 9 heteroatoms. The zero-order chi connectivity index (χ0) is 19.4. The van der Waals surface area contributed by atoms with Crippen LogP contribution in [-0.4, -0.2) is 36.0 Å². The van der Waals surface area contributed by atoms with E-state index in [-0.39, 0.29) is 23.2 Å². The maximum Gasteiger partial charge on any atom is 0.387 e. The number of rotatable bonds is 7. The van der Waals surface area contributed by atoms with Crippen LogP contribution in [0.4, 0.5) is 14.5 Å². The lowest BCUT2D eigenvalue weighted by Gasteiger charge is -2.15. The topological polar surface area (TPSA) is 54.5 Å². The molecule has 1 amide bonds. The zero-order valence-electron chi connectivity index (χ0n) is 14.3. The number of carbonyl (C=O) groups excluding carboxylic acids is 1. The molecule has 27 heavy (non-hydrogen) atoms. The van der Waals surface area contributed by atoms with Crippen LogP contribution in [0, 0.1) is 0 Å². The molecule has 0 saturated carbocycles. The van der Waals surface area contributed by atoms with Crippen LogP contribution in [0.15, 0.2) is 42.5 Å². The molecular weight excluding hydrogens is 396 g/mol. The molecule has 0 atom stereocenters. The highest BCUT2D eigenvalue weighted by Crippen LogP contribution is 2.29. The number of benzene rings is 2. The largest absolute Gasteiger partial charge is 0.433 e. The highest BCUT2D eigenvalue weighted by Gasteiger charge is 2.13. The van der Waals surface area contributed by atoms with Crippen molar-refractivity contribution in [3.8, 4) is 5.75 Å². The van der Waals surface area contributed by atoms with Crippen molar-refractivity contribution in [2.24, 2.45) is 0 Å². The van der Waals surface area contributed by atoms with Gasteiger partial charge in [-0.1, -0.05) is 23.7 Å². The highest BCUT2D eigenvalue weighted by molar-refractivity contribution is 7.18. The van der Waals surface area contributed by atoms with Crippen molar-refractivity contribution in [3.63, 3.8) is 0 Å². The van der Waals surface area contributed by atoms with E-state index in [4.69, 9.17) is 11.6 Å². The lowest BCUT2D eigenvalue weighted by molar-refractivity contribution is -0.117. The summed E-state index contributed by atoms with van der Waals surface area (Å²) in [6.07, 6.45) is 0. The third kappa shape index (κ3) is 5.35. The van der Waals surface area contributed by atoms with Crippen molar-refractivity contribution in [1.82, 2.24) is 9.88 Å². The van der Waals surface area contributed by atoms with Gasteiger partial charge in [0.25, 0.3) is 0 Å². The maximum atomic E-state index is 12.2. The predicted molar refractivity (Wildman–Crippen MR) is 103 cm³/mol. The number of alkyl halides is 2. The fraction of sp³-hybridized carbons (Fsp3) is 0.222. The third-order valence-electron chi connectivity index (χ3n) is 3.59. The Balaban J connectivity index is 1.56. The summed E-state index contributed by atoms with van der Waals surface area (Å²) in [5, 5.41) is 3.60. The number of thiazole rings is 1. The van der Waals surface area contributed by atoms with E-state index in [1.165, 1.54) is 18.2 Å². The lowest BCUT2D eigenvalue weighted by atomic mass is 10.3. The van der Waals surface area contributed by atoms with E-state index < -0.39 is 6.61 Å². The summed E-state index contributed by atoms with van der Waals surface area (Å²) < 4.78 is 29.9. The van der Waals surface area contributed by atoms with Gasteiger partial charge in [-0.05, 0) is 37.4 Å². The second kappa shape index (κ2) is 8.60. The van der Waals surface area contributed by atoms with Crippen molar-refractivity contribution in [1.29, 1.82) is 0 Å². The minimum atomic E-state index is -2.96. The van der Waals surface area contributed by atoms with E-state index in [2.05, 4.69) is 15.0 Å². The number of fused-ring (bicyclic) bond motifs is 1. The first kappa shape index (κ1) is 19.5. The van der Waals surface area contributed by atoms with E-state index in [1.807, 2.05) is 36.2 Å². The Hall–Kier alpha value is -2.29. The van der Waals surface area contributed by atoms with E-state index in [0.29, 0.717) is 12.2 Å². The Kier molecular flexibility index (Phi) is 6.20. The molecule has 5 nitrogen and oxygen atoms in total. The number of ether oxygens (including phenoxy) is 1. The summed E-state index contributed by atoms with van der Waals surface area (Å²) in [5.41, 5.74) is 1.34. The van der Waals surface area contributed by atoms with Crippen molar-refractivity contribution in [2.75, 3.05) is 18.9 Å². The van der Waals surface area contributed by atoms with Gasteiger partial charge in [0.05, 0.1) is 28.3 Å². The fourth-order valence-corrected chi connectivity index (χ4v) is 3.76. The lowest BCUT2D eigenvalue weighted by Crippen LogP contribution is -2.29. The summed E-state index contributed by atoms with van der Waals surface area (Å²) in [6.45, 7) is -2.28. The summed E-state index contributed by atoms with van der Waals surface area (Å²) in [7, 11) is 1.82. The maximum absolute atomic E-state index is 12.2. The van der Waals surface area contributed by atoms with Gasteiger partial charge in [0.15, 0.2) is 0 Å². The first-order chi connectivity index (χ1) is 12.9. The van der Waals surface area contributed by atoms with E-state index in [1.54, 1.807) is 11.3 Å². The molecule has 0 fully saturated rings. The standard InChI is InChI=1S/C18H16ClF2N3O2S/c1-24(10-17-23-13-4-2-3-5-15(13)27-17)9-16(25)22-11-6-7-14(12(19)8-11)26-18(20)21/h2-8,18H,9-10H2,1H3,(H,22,25). The van der Waals surface area contributed by atoms with E-state index >= 15 is 0 Å². The Morgan fingerprint density at radius 3 is 2.81 bits per heavy atom. The average molecular weight is 412 g/mol. The van der Waals surface area contributed by atoms with Crippen LogP contribution in [0.5, 0.6) is 5.75 Å². The van der Waals surface area contributed by atoms with Crippen molar-refractivity contribution in [3.05, 3.63) is 52.5 Å². The minimum Gasteiger partial charge on any atom is -0.433 e. The molecule has 142 valence electrons. The van der Waals surface area contributed by atoms with Crippen molar-refractivity contribution < 1.29 is 18.3 Å². The minimum absolute atomic E-state index is 0.00377. The molecule has 0 aliphatic rings. The number of aromatic nitrogens is 1. The monoisotopic (exact) mass is 411 g/mol. The second-order valence-electron chi connectivity index (χ2n) is 5.82. The molecule has 0 unspecified atom stereocenters. The number of halogens is 3. The normalized spacial score (nSPS) is 11.3. The molecule has 0 bridgehead atoms. The molecule has 1 aromatic heterocycles.